The van der Waals surface area contributed by atoms with Crippen LogP contribution in [0.15, 0.2) is 66.9 Å². The van der Waals surface area contributed by atoms with Crippen molar-refractivity contribution < 1.29 is 13.9 Å². The van der Waals surface area contributed by atoms with E-state index in [0.717, 1.165) is 89.0 Å². The van der Waals surface area contributed by atoms with Gasteiger partial charge in [-0.05, 0) is 62.0 Å². The van der Waals surface area contributed by atoms with Gasteiger partial charge in [0.15, 0.2) is 5.78 Å². The lowest BCUT2D eigenvalue weighted by molar-refractivity contribution is 0.0967. The summed E-state index contributed by atoms with van der Waals surface area (Å²) in [5, 5.41) is 9.42. The predicted octanol–water partition coefficient (Wildman–Crippen LogP) is 6.45. The molecule has 6 rings (SSSR count). The maximum absolute atomic E-state index is 14.0. The molecule has 0 atom stereocenters. The van der Waals surface area contributed by atoms with Gasteiger partial charge in [-0.25, -0.2) is 4.39 Å². The number of benzene rings is 3. The zero-order valence-electron chi connectivity index (χ0n) is 25.5. The van der Waals surface area contributed by atoms with E-state index in [1.807, 2.05) is 30.5 Å². The van der Waals surface area contributed by atoms with Crippen molar-refractivity contribution in [3.05, 3.63) is 83.9 Å². The van der Waals surface area contributed by atoms with Gasteiger partial charge in [-0.15, -0.1) is 0 Å². The van der Waals surface area contributed by atoms with Crippen molar-refractivity contribution in [2.45, 2.75) is 32.1 Å². The summed E-state index contributed by atoms with van der Waals surface area (Å²) in [6, 6.07) is 18.9. The lowest BCUT2D eigenvalue weighted by Gasteiger charge is -2.32. The minimum Gasteiger partial charge on any atom is -0.384 e. The van der Waals surface area contributed by atoms with Crippen LogP contribution in [0, 0.1) is 5.82 Å². The normalized spacial score (nSPS) is 15.1. The molecule has 3 heterocycles. The molecule has 224 valence electrons. The number of likely N-dealkylation sites (N-methyl/N-ethyl adjacent to an activating group) is 1. The van der Waals surface area contributed by atoms with Crippen LogP contribution in [0.2, 0.25) is 0 Å². The molecule has 7 nitrogen and oxygen atoms in total. The van der Waals surface area contributed by atoms with Crippen LogP contribution < -0.4 is 0 Å². The van der Waals surface area contributed by atoms with Crippen molar-refractivity contribution >= 4 is 27.6 Å². The standard InChI is InChI=1S/C35H40FN5O2/c1-35(2,23-43-4)34-33(25-9-7-24(8-10-25)32(42)6-5-15-40-18-16-39(3)17-19-40)29-21-30-26(22-37-38-30)20-31(29)41(34)28-13-11-27(36)12-14-28/h7-14,20-22H,5-6,15-19,23H2,1-4H3,(H,37,38). The molecule has 0 saturated carbocycles. The number of nitrogens with one attached hydrogen (secondary N) is 1. The molecule has 43 heavy (non-hydrogen) atoms. The van der Waals surface area contributed by atoms with Gasteiger partial charge in [-0.1, -0.05) is 38.1 Å². The van der Waals surface area contributed by atoms with E-state index in [-0.39, 0.29) is 11.6 Å². The number of ether oxygens (including phenoxy) is 1. The molecule has 0 bridgehead atoms. The largest absolute Gasteiger partial charge is 0.384 e. The number of fused-ring (bicyclic) bond motifs is 2. The Morgan fingerprint density at radius 2 is 1.74 bits per heavy atom. The van der Waals surface area contributed by atoms with Crippen LogP contribution in [0.5, 0.6) is 0 Å². The predicted molar refractivity (Wildman–Crippen MR) is 171 cm³/mol. The molecule has 3 aromatic carbocycles. The maximum Gasteiger partial charge on any atom is 0.162 e. The molecule has 0 aliphatic carbocycles. The van der Waals surface area contributed by atoms with Crippen molar-refractivity contribution in [2.75, 3.05) is 53.5 Å². The molecule has 1 saturated heterocycles. The number of hydrogen-bond acceptors (Lipinski definition) is 5. The number of hydrogen-bond donors (Lipinski definition) is 1. The monoisotopic (exact) mass is 581 g/mol. The fraction of sp³-hybridized carbons (Fsp3) is 0.371. The minimum absolute atomic E-state index is 0.175. The van der Waals surface area contributed by atoms with Crippen molar-refractivity contribution in [2.24, 2.45) is 0 Å². The SMILES string of the molecule is COCC(C)(C)c1c(-c2ccc(C(=O)CCCN3CCN(C)CC3)cc2)c2cc3[nH]ncc3cc2n1-c1ccc(F)cc1. The maximum atomic E-state index is 14.0. The zero-order valence-corrected chi connectivity index (χ0v) is 25.5. The first kappa shape index (κ1) is 29.2. The number of aromatic amines is 1. The third-order valence-corrected chi connectivity index (χ3v) is 8.73. The van der Waals surface area contributed by atoms with Crippen LogP contribution in [0.4, 0.5) is 4.39 Å². The summed E-state index contributed by atoms with van der Waals surface area (Å²) in [7, 11) is 3.87. The van der Waals surface area contributed by atoms with Gasteiger partial charge >= 0.3 is 0 Å². The van der Waals surface area contributed by atoms with Crippen molar-refractivity contribution in [3.63, 3.8) is 0 Å². The average molecular weight is 582 g/mol. The molecule has 0 amide bonds. The van der Waals surface area contributed by atoms with Gasteiger partial charge in [0.1, 0.15) is 5.82 Å². The number of methoxy groups -OCH3 is 1. The second-order valence-corrected chi connectivity index (χ2v) is 12.4. The Morgan fingerprint density at radius 3 is 2.44 bits per heavy atom. The van der Waals surface area contributed by atoms with Crippen LogP contribution in [0.1, 0.15) is 42.7 Å². The fourth-order valence-corrected chi connectivity index (χ4v) is 6.45. The number of H-pyrrole nitrogens is 1. The number of carbonyl (C=O) groups excluding carboxylic acids is 1. The Bertz CT molecular complexity index is 1730. The lowest BCUT2D eigenvalue weighted by atomic mass is 9.84. The number of halogens is 1. The summed E-state index contributed by atoms with van der Waals surface area (Å²) in [5.41, 5.74) is 6.27. The molecule has 8 heteroatoms. The van der Waals surface area contributed by atoms with E-state index in [4.69, 9.17) is 4.74 Å². The quantitative estimate of drug-likeness (QED) is 0.192. The molecule has 1 N–H and O–H groups in total. The van der Waals surface area contributed by atoms with E-state index < -0.39 is 5.41 Å². The number of ketones is 1. The second kappa shape index (κ2) is 12.0. The van der Waals surface area contributed by atoms with Crippen LogP contribution >= 0.6 is 0 Å². The van der Waals surface area contributed by atoms with Gasteiger partial charge in [0.05, 0.1) is 23.8 Å². The van der Waals surface area contributed by atoms with E-state index >= 15 is 0 Å². The highest BCUT2D eigenvalue weighted by molar-refractivity contribution is 6.06. The van der Waals surface area contributed by atoms with Crippen LogP contribution in [-0.4, -0.2) is 83.8 Å². The highest BCUT2D eigenvalue weighted by Gasteiger charge is 2.32. The zero-order chi connectivity index (χ0) is 30.1. The third kappa shape index (κ3) is 5.87. The first-order valence-electron chi connectivity index (χ1n) is 15.1. The molecule has 1 fully saturated rings. The van der Waals surface area contributed by atoms with Crippen molar-refractivity contribution in [1.82, 2.24) is 24.6 Å². The summed E-state index contributed by atoms with van der Waals surface area (Å²) in [6.45, 7) is 10.1. The molecular weight excluding hydrogens is 541 g/mol. The highest BCUT2D eigenvalue weighted by Crippen LogP contribution is 2.44. The smallest absolute Gasteiger partial charge is 0.162 e. The fourth-order valence-electron chi connectivity index (χ4n) is 6.45. The molecule has 0 spiro atoms. The van der Waals surface area contributed by atoms with Gasteiger partial charge in [0, 0.05) is 78.4 Å². The first-order chi connectivity index (χ1) is 20.7. The first-order valence-corrected chi connectivity index (χ1v) is 15.1. The Labute approximate surface area is 252 Å². The molecule has 5 aromatic rings. The number of Topliss-reactive ketones (excluding diaryl/α,β-unsaturated/α-hetero) is 1. The molecule has 2 aromatic heterocycles. The Balaban J connectivity index is 1.40. The molecular formula is C35H40FN5O2. The van der Waals surface area contributed by atoms with Crippen molar-refractivity contribution in [1.29, 1.82) is 0 Å². The summed E-state index contributed by atoms with van der Waals surface area (Å²) >= 11 is 0. The summed E-state index contributed by atoms with van der Waals surface area (Å²) in [6.07, 6.45) is 3.23. The van der Waals surface area contributed by atoms with Gasteiger partial charge in [0.2, 0.25) is 0 Å². The second-order valence-electron chi connectivity index (χ2n) is 12.4. The van der Waals surface area contributed by atoms with Crippen LogP contribution in [0.25, 0.3) is 38.6 Å². The Morgan fingerprint density at radius 1 is 1.02 bits per heavy atom. The number of nitrogens with zero attached hydrogens (tertiary/aromatic N) is 4. The Hall–Kier alpha value is -3.85. The van der Waals surface area contributed by atoms with Gasteiger partial charge < -0.3 is 19.1 Å². The molecule has 0 radical (unpaired) electrons. The van der Waals surface area contributed by atoms with E-state index in [1.54, 1.807) is 7.11 Å². The summed E-state index contributed by atoms with van der Waals surface area (Å²) in [4.78, 5) is 18.0. The topological polar surface area (TPSA) is 66.4 Å². The van der Waals surface area contributed by atoms with Crippen LogP contribution in [-0.2, 0) is 10.2 Å². The van der Waals surface area contributed by atoms with Gasteiger partial charge in [-0.3, -0.25) is 9.89 Å². The summed E-state index contributed by atoms with van der Waals surface area (Å²) < 4.78 is 22.0. The van der Waals surface area contributed by atoms with E-state index in [1.165, 1.54) is 12.1 Å². The number of rotatable bonds is 10. The molecule has 1 aliphatic rings. The van der Waals surface area contributed by atoms with E-state index in [0.29, 0.717) is 13.0 Å². The Kier molecular flexibility index (Phi) is 8.18. The molecule has 0 unspecified atom stereocenters. The summed E-state index contributed by atoms with van der Waals surface area (Å²) in [5.74, 6) is -0.104. The van der Waals surface area contributed by atoms with Crippen LogP contribution in [0.3, 0.4) is 0 Å². The minimum atomic E-state index is -0.402. The third-order valence-electron chi connectivity index (χ3n) is 8.73. The number of aromatic nitrogens is 3. The highest BCUT2D eigenvalue weighted by atomic mass is 19.1. The number of carbonyl (C=O) groups is 1. The van der Waals surface area contributed by atoms with E-state index in [2.05, 4.69) is 69.7 Å². The van der Waals surface area contributed by atoms with Crippen molar-refractivity contribution in [3.8, 4) is 16.8 Å². The lowest BCUT2D eigenvalue weighted by Crippen LogP contribution is -2.44. The van der Waals surface area contributed by atoms with Gasteiger partial charge in [0.25, 0.3) is 0 Å². The molecule has 1 aliphatic heterocycles. The van der Waals surface area contributed by atoms with Gasteiger partial charge in [-0.2, -0.15) is 5.10 Å². The van der Waals surface area contributed by atoms with E-state index in [9.17, 15) is 9.18 Å². The number of piperazine rings is 1. The average Bonchev–Trinajstić information content (AvgIpc) is 3.60.